The Morgan fingerprint density at radius 3 is 2.89 bits per heavy atom. The molecule has 2 heterocycles. The van der Waals surface area contributed by atoms with Gasteiger partial charge < -0.3 is 9.73 Å². The van der Waals surface area contributed by atoms with Crippen molar-refractivity contribution in [1.29, 1.82) is 5.26 Å². The van der Waals surface area contributed by atoms with Gasteiger partial charge in [0, 0.05) is 4.88 Å². The van der Waals surface area contributed by atoms with Crippen molar-refractivity contribution >= 4 is 29.0 Å². The number of carbonyl (C=O) groups is 1. The van der Waals surface area contributed by atoms with Crippen molar-refractivity contribution < 1.29 is 9.21 Å². The largest absolute Gasteiger partial charge is 0.410 e. The highest BCUT2D eigenvalue weighted by atomic mass is 32.2. The molecule has 3 atom stereocenters. The van der Waals surface area contributed by atoms with Crippen molar-refractivity contribution in [1.82, 2.24) is 15.5 Å². The molecular weight excluding hydrogens is 392 g/mol. The summed E-state index contributed by atoms with van der Waals surface area (Å²) < 4.78 is 5.81. The summed E-state index contributed by atoms with van der Waals surface area (Å²) in [4.78, 5) is 14.9. The van der Waals surface area contributed by atoms with Crippen LogP contribution < -0.4 is 5.32 Å². The molecule has 150 valence electrons. The molecule has 6 nitrogen and oxygen atoms in total. The molecule has 1 amide bonds. The van der Waals surface area contributed by atoms with Crippen LogP contribution in [0.1, 0.15) is 51.5 Å². The lowest BCUT2D eigenvalue weighted by Gasteiger charge is -2.28. The number of nitrogens with one attached hydrogen (secondary N) is 1. The molecule has 0 bridgehead atoms. The number of thiophene rings is 1. The van der Waals surface area contributed by atoms with Crippen LogP contribution in [0.3, 0.4) is 0 Å². The van der Waals surface area contributed by atoms with Crippen LogP contribution in [0.25, 0.3) is 10.8 Å². The number of thioether (sulfide) groups is 1. The second-order valence-electron chi connectivity index (χ2n) is 8.00. The minimum Gasteiger partial charge on any atom is -0.410 e. The van der Waals surface area contributed by atoms with E-state index < -0.39 is 10.8 Å². The Balaban J connectivity index is 1.66. The van der Waals surface area contributed by atoms with E-state index in [1.165, 1.54) is 28.6 Å². The molecule has 0 fully saturated rings. The van der Waals surface area contributed by atoms with E-state index in [9.17, 15) is 10.1 Å². The maximum atomic E-state index is 12.5. The molecule has 0 aliphatic heterocycles. The van der Waals surface area contributed by atoms with Crippen LogP contribution in [0.2, 0.25) is 0 Å². The van der Waals surface area contributed by atoms with Gasteiger partial charge in [-0.3, -0.25) is 4.79 Å². The van der Waals surface area contributed by atoms with E-state index in [4.69, 9.17) is 4.42 Å². The molecule has 2 aromatic rings. The van der Waals surface area contributed by atoms with E-state index in [1.54, 1.807) is 25.2 Å². The highest BCUT2D eigenvalue weighted by molar-refractivity contribution is 8.00. The van der Waals surface area contributed by atoms with Crippen molar-refractivity contribution in [3.63, 3.8) is 0 Å². The Morgan fingerprint density at radius 1 is 1.46 bits per heavy atom. The van der Waals surface area contributed by atoms with Crippen molar-refractivity contribution in [3.8, 4) is 16.8 Å². The Kier molecular flexibility index (Phi) is 6.15. The highest BCUT2D eigenvalue weighted by Crippen LogP contribution is 2.37. The zero-order chi connectivity index (χ0) is 20.5. The lowest BCUT2D eigenvalue weighted by Crippen LogP contribution is -2.51. The van der Waals surface area contributed by atoms with E-state index >= 15 is 0 Å². The molecule has 2 aromatic heterocycles. The standard InChI is InChI=1S/C20H26N4O2S2/c1-11(2)20(5,10-21)22-17(25)13(4)27-19-24-23-18(26-19)16-9-14-8-12(3)6-7-15(14)28-16/h9,11-13H,6-8H2,1-5H3,(H,22,25)/t12-,13-,20-/m0/s1. The van der Waals surface area contributed by atoms with Gasteiger partial charge in [-0.25, -0.2) is 0 Å². The number of hydrogen-bond acceptors (Lipinski definition) is 7. The fraction of sp³-hybridized carbons (Fsp3) is 0.600. The van der Waals surface area contributed by atoms with E-state index in [-0.39, 0.29) is 11.8 Å². The van der Waals surface area contributed by atoms with Gasteiger partial charge in [-0.1, -0.05) is 32.5 Å². The zero-order valence-corrected chi connectivity index (χ0v) is 18.5. The van der Waals surface area contributed by atoms with Gasteiger partial charge in [0.1, 0.15) is 5.54 Å². The van der Waals surface area contributed by atoms with Gasteiger partial charge in [0.2, 0.25) is 5.91 Å². The average molecular weight is 419 g/mol. The van der Waals surface area contributed by atoms with Gasteiger partial charge in [-0.05, 0) is 56.6 Å². The van der Waals surface area contributed by atoms with Crippen LogP contribution in [0.4, 0.5) is 0 Å². The summed E-state index contributed by atoms with van der Waals surface area (Å²) in [5.41, 5.74) is 0.488. The van der Waals surface area contributed by atoms with Gasteiger partial charge in [0.05, 0.1) is 16.2 Å². The molecule has 0 saturated heterocycles. The van der Waals surface area contributed by atoms with Gasteiger partial charge in [0.15, 0.2) is 0 Å². The third kappa shape index (κ3) is 4.41. The molecule has 0 unspecified atom stereocenters. The normalized spacial score (nSPS) is 19.5. The number of nitrogens with zero attached hydrogens (tertiary/aromatic N) is 3. The molecule has 1 aliphatic rings. The monoisotopic (exact) mass is 418 g/mol. The number of fused-ring (bicyclic) bond motifs is 1. The molecule has 1 aliphatic carbocycles. The van der Waals surface area contributed by atoms with Crippen LogP contribution >= 0.6 is 23.1 Å². The first kappa shape index (κ1) is 20.9. The predicted octanol–water partition coefficient (Wildman–Crippen LogP) is 4.46. The molecule has 0 aromatic carbocycles. The number of carbonyl (C=O) groups excluding carboxylic acids is 1. The molecule has 28 heavy (non-hydrogen) atoms. The van der Waals surface area contributed by atoms with Crippen LogP contribution in [0.15, 0.2) is 15.7 Å². The number of nitriles is 1. The Morgan fingerprint density at radius 2 is 2.21 bits per heavy atom. The first-order chi connectivity index (χ1) is 13.2. The van der Waals surface area contributed by atoms with E-state index in [1.807, 2.05) is 13.8 Å². The molecule has 0 saturated carbocycles. The van der Waals surface area contributed by atoms with Gasteiger partial charge in [-0.15, -0.1) is 21.5 Å². The summed E-state index contributed by atoms with van der Waals surface area (Å²) >= 11 is 2.93. The topological polar surface area (TPSA) is 91.8 Å². The summed E-state index contributed by atoms with van der Waals surface area (Å²) in [5, 5.41) is 20.4. The summed E-state index contributed by atoms with van der Waals surface area (Å²) in [6.07, 6.45) is 3.44. The fourth-order valence-corrected chi connectivity index (χ4v) is 4.84. The smallest absolute Gasteiger partial charge is 0.277 e. The quantitative estimate of drug-likeness (QED) is 0.697. The fourth-order valence-electron chi connectivity index (χ4n) is 3.03. The number of hydrogen-bond donors (Lipinski definition) is 1. The Hall–Kier alpha value is -1.85. The first-order valence-electron chi connectivity index (χ1n) is 9.57. The van der Waals surface area contributed by atoms with Crippen LogP contribution in [0.5, 0.6) is 0 Å². The van der Waals surface area contributed by atoms with Crippen molar-refractivity contribution in [2.45, 2.75) is 69.9 Å². The van der Waals surface area contributed by atoms with E-state index in [2.05, 4.69) is 34.6 Å². The molecule has 3 rings (SSSR count). The summed E-state index contributed by atoms with van der Waals surface area (Å²) in [5.74, 6) is 1.00. The molecule has 0 spiro atoms. The maximum absolute atomic E-state index is 12.5. The second kappa shape index (κ2) is 8.26. The number of amides is 1. The van der Waals surface area contributed by atoms with Crippen molar-refractivity contribution in [2.24, 2.45) is 11.8 Å². The minimum atomic E-state index is -0.904. The Bertz CT molecular complexity index is 898. The summed E-state index contributed by atoms with van der Waals surface area (Å²) in [7, 11) is 0. The predicted molar refractivity (Wildman–Crippen MR) is 111 cm³/mol. The zero-order valence-electron chi connectivity index (χ0n) is 16.9. The van der Waals surface area contributed by atoms with Crippen molar-refractivity contribution in [3.05, 3.63) is 16.5 Å². The summed E-state index contributed by atoms with van der Waals surface area (Å²) in [6.45, 7) is 9.61. The van der Waals surface area contributed by atoms with Crippen LogP contribution in [0, 0.1) is 23.2 Å². The lowest BCUT2D eigenvalue weighted by atomic mass is 9.90. The lowest BCUT2D eigenvalue weighted by molar-refractivity contribution is -0.121. The first-order valence-corrected chi connectivity index (χ1v) is 11.3. The van der Waals surface area contributed by atoms with Crippen molar-refractivity contribution in [2.75, 3.05) is 0 Å². The number of aryl methyl sites for hydroxylation is 1. The van der Waals surface area contributed by atoms with Crippen LogP contribution in [-0.2, 0) is 17.6 Å². The molecule has 1 N–H and O–H groups in total. The molecule has 8 heteroatoms. The molecule has 0 radical (unpaired) electrons. The van der Waals surface area contributed by atoms with E-state index in [0.717, 1.165) is 17.7 Å². The Labute approximate surface area is 174 Å². The van der Waals surface area contributed by atoms with Gasteiger partial charge in [0.25, 0.3) is 11.1 Å². The number of aromatic nitrogens is 2. The third-order valence-corrected chi connectivity index (χ3v) is 7.52. The van der Waals surface area contributed by atoms with Gasteiger partial charge in [-0.2, -0.15) is 5.26 Å². The second-order valence-corrected chi connectivity index (χ2v) is 10.4. The number of rotatable bonds is 6. The maximum Gasteiger partial charge on any atom is 0.277 e. The highest BCUT2D eigenvalue weighted by Gasteiger charge is 2.32. The van der Waals surface area contributed by atoms with E-state index in [0.29, 0.717) is 17.0 Å². The van der Waals surface area contributed by atoms with Crippen LogP contribution in [-0.4, -0.2) is 26.9 Å². The molecular formula is C20H26N4O2S2. The SMILES string of the molecule is CC(C)[C@](C)(C#N)NC(=O)[C@H](C)Sc1nnc(-c2cc3c(s2)CC[C@H](C)C3)o1. The third-order valence-electron chi connectivity index (χ3n) is 5.36. The average Bonchev–Trinajstić information content (AvgIpc) is 3.27. The van der Waals surface area contributed by atoms with Gasteiger partial charge >= 0.3 is 0 Å². The summed E-state index contributed by atoms with van der Waals surface area (Å²) in [6, 6.07) is 4.35. The minimum absolute atomic E-state index is 0.00115.